The Balaban J connectivity index is 2.05. The predicted molar refractivity (Wildman–Crippen MR) is 152 cm³/mol. The zero-order valence-corrected chi connectivity index (χ0v) is 24.1. The molecule has 3 rings (SSSR count). The maximum Gasteiger partial charge on any atom is 0.264 e. The van der Waals surface area contributed by atoms with E-state index in [4.69, 9.17) is 23.2 Å². The number of halogens is 3. The first-order valence-electron chi connectivity index (χ1n) is 12.3. The molecule has 3 aromatic rings. The number of carbonyl (C=O) groups is 2. The Morgan fingerprint density at radius 1 is 0.949 bits per heavy atom. The summed E-state index contributed by atoms with van der Waals surface area (Å²) in [6, 6.07) is 16.7. The Hall–Kier alpha value is -3.14. The molecule has 39 heavy (non-hydrogen) atoms. The summed E-state index contributed by atoms with van der Waals surface area (Å²) in [6.07, 6.45) is 0.686. The van der Waals surface area contributed by atoms with Gasteiger partial charge in [0.05, 0.1) is 15.6 Å². The van der Waals surface area contributed by atoms with Gasteiger partial charge in [-0.05, 0) is 62.2 Å². The second-order valence-corrected chi connectivity index (χ2v) is 11.7. The van der Waals surface area contributed by atoms with Crippen LogP contribution in [0, 0.1) is 5.82 Å². The van der Waals surface area contributed by atoms with Gasteiger partial charge in [-0.1, -0.05) is 66.5 Å². The summed E-state index contributed by atoms with van der Waals surface area (Å²) in [6.45, 7) is 4.61. The molecular formula is C28H30Cl2FN3O4S. The fourth-order valence-corrected chi connectivity index (χ4v) is 5.54. The highest BCUT2D eigenvalue weighted by Crippen LogP contribution is 2.28. The van der Waals surface area contributed by atoms with Crippen LogP contribution in [0.3, 0.4) is 0 Å². The van der Waals surface area contributed by atoms with Gasteiger partial charge in [-0.25, -0.2) is 12.8 Å². The Bertz CT molecular complexity index is 1420. The molecule has 0 aliphatic carbocycles. The molecule has 11 heteroatoms. The number of benzene rings is 3. The van der Waals surface area contributed by atoms with E-state index in [0.29, 0.717) is 17.0 Å². The Morgan fingerprint density at radius 2 is 1.59 bits per heavy atom. The van der Waals surface area contributed by atoms with Crippen molar-refractivity contribution < 1.29 is 22.4 Å². The van der Waals surface area contributed by atoms with E-state index in [0.717, 1.165) is 16.4 Å². The number of nitrogens with zero attached hydrogens (tertiary/aromatic N) is 2. The van der Waals surface area contributed by atoms with Gasteiger partial charge in [-0.2, -0.15) is 0 Å². The molecule has 7 nitrogen and oxygen atoms in total. The number of hydrogen-bond donors (Lipinski definition) is 1. The van der Waals surface area contributed by atoms with Gasteiger partial charge in [-0.15, -0.1) is 0 Å². The minimum atomic E-state index is -4.28. The molecule has 2 atom stereocenters. The lowest BCUT2D eigenvalue weighted by Gasteiger charge is -2.32. The molecule has 0 heterocycles. The maximum atomic E-state index is 13.9. The lowest BCUT2D eigenvalue weighted by molar-refractivity contribution is -0.139. The topological polar surface area (TPSA) is 86.8 Å². The summed E-state index contributed by atoms with van der Waals surface area (Å²) >= 11 is 12.3. The summed E-state index contributed by atoms with van der Waals surface area (Å²) in [5, 5.41) is 2.95. The van der Waals surface area contributed by atoms with Crippen molar-refractivity contribution in [1.82, 2.24) is 10.2 Å². The molecule has 0 bridgehead atoms. The summed E-state index contributed by atoms with van der Waals surface area (Å²) in [7, 11) is -4.28. The van der Waals surface area contributed by atoms with Crippen LogP contribution in [0.15, 0.2) is 77.7 Å². The quantitative estimate of drug-likeness (QED) is 0.311. The fourth-order valence-electron chi connectivity index (χ4n) is 3.75. The van der Waals surface area contributed by atoms with Crippen molar-refractivity contribution in [3.05, 3.63) is 94.2 Å². The van der Waals surface area contributed by atoms with Crippen molar-refractivity contribution in [2.45, 2.75) is 50.7 Å². The number of hydrogen-bond acceptors (Lipinski definition) is 4. The second kappa shape index (κ2) is 13.3. The molecule has 2 amide bonds. The third-order valence-electron chi connectivity index (χ3n) is 6.27. The van der Waals surface area contributed by atoms with Crippen LogP contribution in [-0.4, -0.2) is 43.8 Å². The average Bonchev–Trinajstić information content (AvgIpc) is 2.92. The third-order valence-corrected chi connectivity index (χ3v) is 8.71. The minimum absolute atomic E-state index is 0.00648. The first-order chi connectivity index (χ1) is 18.4. The van der Waals surface area contributed by atoms with E-state index in [-0.39, 0.29) is 28.2 Å². The highest BCUT2D eigenvalue weighted by Gasteiger charge is 2.33. The number of sulfonamides is 1. The molecule has 0 aromatic heterocycles. The van der Waals surface area contributed by atoms with Crippen LogP contribution in [0.5, 0.6) is 0 Å². The smallest absolute Gasteiger partial charge is 0.264 e. The average molecular weight is 595 g/mol. The summed E-state index contributed by atoms with van der Waals surface area (Å²) < 4.78 is 42.2. The second-order valence-electron chi connectivity index (χ2n) is 9.03. The van der Waals surface area contributed by atoms with Gasteiger partial charge in [0, 0.05) is 17.6 Å². The molecule has 0 saturated carbocycles. The number of rotatable bonds is 11. The largest absolute Gasteiger partial charge is 0.352 e. The van der Waals surface area contributed by atoms with E-state index in [2.05, 4.69) is 5.32 Å². The number of nitrogens with one attached hydrogen (secondary N) is 1. The van der Waals surface area contributed by atoms with Crippen molar-refractivity contribution in [3.8, 4) is 0 Å². The molecule has 208 valence electrons. The van der Waals surface area contributed by atoms with Gasteiger partial charge >= 0.3 is 0 Å². The maximum absolute atomic E-state index is 13.9. The first-order valence-corrected chi connectivity index (χ1v) is 14.5. The molecule has 0 radical (unpaired) electrons. The monoisotopic (exact) mass is 593 g/mol. The van der Waals surface area contributed by atoms with Crippen LogP contribution in [-0.2, 0) is 26.2 Å². The molecule has 3 aromatic carbocycles. The Morgan fingerprint density at radius 3 is 2.21 bits per heavy atom. The fraction of sp³-hybridized carbons (Fsp3) is 0.286. The summed E-state index contributed by atoms with van der Waals surface area (Å²) in [5.41, 5.74) is 0.575. The number of amides is 2. The molecule has 0 unspecified atom stereocenters. The molecule has 0 spiro atoms. The van der Waals surface area contributed by atoms with Crippen molar-refractivity contribution in [2.24, 2.45) is 0 Å². The molecule has 0 saturated heterocycles. The van der Waals surface area contributed by atoms with Crippen LogP contribution in [0.1, 0.15) is 32.8 Å². The van der Waals surface area contributed by atoms with Crippen molar-refractivity contribution in [1.29, 1.82) is 0 Å². The predicted octanol–water partition coefficient (Wildman–Crippen LogP) is 5.66. The van der Waals surface area contributed by atoms with Gasteiger partial charge in [0.25, 0.3) is 10.0 Å². The summed E-state index contributed by atoms with van der Waals surface area (Å²) in [4.78, 5) is 28.1. The van der Waals surface area contributed by atoms with E-state index in [1.54, 1.807) is 49.4 Å². The highest BCUT2D eigenvalue weighted by atomic mass is 35.5. The zero-order chi connectivity index (χ0) is 28.7. The van der Waals surface area contributed by atoms with E-state index >= 15 is 0 Å². The first kappa shape index (κ1) is 30.4. The zero-order valence-electron chi connectivity index (χ0n) is 21.8. The van der Waals surface area contributed by atoms with E-state index < -0.39 is 40.2 Å². The van der Waals surface area contributed by atoms with Crippen LogP contribution >= 0.6 is 23.2 Å². The van der Waals surface area contributed by atoms with Crippen molar-refractivity contribution in [3.63, 3.8) is 0 Å². The van der Waals surface area contributed by atoms with Crippen molar-refractivity contribution in [2.75, 3.05) is 10.8 Å². The normalized spacial score (nSPS) is 12.9. The van der Waals surface area contributed by atoms with Gasteiger partial charge in [0.1, 0.15) is 18.4 Å². The number of anilines is 1. The van der Waals surface area contributed by atoms with Crippen molar-refractivity contribution >= 4 is 50.7 Å². The SMILES string of the molecule is CC[C@@H](C)NC(=O)[C@@H](C)N(Cc1ccccc1Cl)C(=O)CN(c1ccc(F)c(Cl)c1)S(=O)(=O)c1ccccc1. The van der Waals surface area contributed by atoms with Gasteiger partial charge in [0.2, 0.25) is 11.8 Å². The van der Waals surface area contributed by atoms with E-state index in [9.17, 15) is 22.4 Å². The van der Waals surface area contributed by atoms with Crippen LogP contribution in [0.4, 0.5) is 10.1 Å². The number of carbonyl (C=O) groups excluding carboxylic acids is 2. The van der Waals surface area contributed by atoms with Crippen LogP contribution in [0.25, 0.3) is 0 Å². The van der Waals surface area contributed by atoms with Crippen LogP contribution in [0.2, 0.25) is 10.0 Å². The molecule has 0 aliphatic heterocycles. The lowest BCUT2D eigenvalue weighted by atomic mass is 10.1. The standard InChI is InChI=1S/C28H30Cl2FN3O4S/c1-4-19(2)32-28(36)20(3)33(17-21-10-8-9-13-24(21)29)27(35)18-34(22-14-15-26(31)25(30)16-22)39(37,38)23-11-6-5-7-12-23/h5-16,19-20H,4,17-18H2,1-3H3,(H,32,36)/t19-,20-/m1/s1. The lowest BCUT2D eigenvalue weighted by Crippen LogP contribution is -2.52. The molecular weight excluding hydrogens is 564 g/mol. The van der Waals surface area contributed by atoms with E-state index in [1.807, 2.05) is 13.8 Å². The summed E-state index contributed by atoms with van der Waals surface area (Å²) in [5.74, 6) is -1.80. The third kappa shape index (κ3) is 7.50. The van der Waals surface area contributed by atoms with E-state index in [1.165, 1.54) is 23.1 Å². The Labute approximate surface area is 238 Å². The van der Waals surface area contributed by atoms with Gasteiger partial charge in [0.15, 0.2) is 0 Å². The Kier molecular flexibility index (Phi) is 10.4. The highest BCUT2D eigenvalue weighted by molar-refractivity contribution is 7.92. The van der Waals surface area contributed by atoms with Gasteiger partial charge in [-0.3, -0.25) is 13.9 Å². The molecule has 1 N–H and O–H groups in total. The minimum Gasteiger partial charge on any atom is -0.352 e. The molecule has 0 fully saturated rings. The molecule has 0 aliphatic rings. The van der Waals surface area contributed by atoms with Crippen LogP contribution < -0.4 is 9.62 Å². The van der Waals surface area contributed by atoms with Gasteiger partial charge < -0.3 is 10.2 Å².